The van der Waals surface area contributed by atoms with Gasteiger partial charge < -0.3 is 10.3 Å². The lowest BCUT2D eigenvalue weighted by Crippen LogP contribution is -2.36. The molecule has 0 fully saturated rings. The van der Waals surface area contributed by atoms with Crippen molar-refractivity contribution in [2.24, 2.45) is 5.73 Å². The van der Waals surface area contributed by atoms with Crippen molar-refractivity contribution in [3.63, 3.8) is 0 Å². The quantitative estimate of drug-likeness (QED) is 0.840. The molecule has 0 aliphatic rings. The summed E-state index contributed by atoms with van der Waals surface area (Å²) in [5.74, 6) is 0. The Balaban J connectivity index is 3.22. The van der Waals surface area contributed by atoms with Crippen molar-refractivity contribution in [1.82, 2.24) is 8.87 Å². The van der Waals surface area contributed by atoms with Gasteiger partial charge in [-0.15, -0.1) is 0 Å². The minimum atomic E-state index is -3.45. The molecule has 1 rings (SSSR count). The van der Waals surface area contributed by atoms with Crippen LogP contribution in [0, 0.1) is 0 Å². The van der Waals surface area contributed by atoms with E-state index in [1.165, 1.54) is 4.31 Å². The van der Waals surface area contributed by atoms with Crippen LogP contribution >= 0.6 is 0 Å². The molecule has 5 nitrogen and oxygen atoms in total. The average Bonchev–Trinajstić information content (AvgIpc) is 2.84. The Bertz CT molecular complexity index is 531. The maximum absolute atomic E-state index is 12.7. The summed E-state index contributed by atoms with van der Waals surface area (Å²) in [5.41, 5.74) is 6.55. The molecular formula is C14H27N3O2S. The van der Waals surface area contributed by atoms with Crippen LogP contribution in [0.15, 0.2) is 17.2 Å². The van der Waals surface area contributed by atoms with E-state index in [0.29, 0.717) is 11.4 Å². The second-order valence-corrected chi connectivity index (χ2v) is 7.36. The first-order valence-corrected chi connectivity index (χ1v) is 8.62. The van der Waals surface area contributed by atoms with Gasteiger partial charge >= 0.3 is 0 Å². The Morgan fingerprint density at radius 1 is 1.30 bits per heavy atom. The SMILES string of the molecule is CCC(CC)N(C)S(=O)(=O)c1cc(CN)n(C(C)C)c1. The molecule has 0 unspecified atom stereocenters. The van der Waals surface area contributed by atoms with Gasteiger partial charge in [-0.05, 0) is 32.8 Å². The molecule has 0 spiro atoms. The van der Waals surface area contributed by atoms with Gasteiger partial charge in [0.1, 0.15) is 4.90 Å². The molecular weight excluding hydrogens is 274 g/mol. The van der Waals surface area contributed by atoms with Crippen molar-refractivity contribution in [3.8, 4) is 0 Å². The minimum absolute atomic E-state index is 0.0312. The van der Waals surface area contributed by atoms with Crippen LogP contribution < -0.4 is 5.73 Å². The van der Waals surface area contributed by atoms with Crippen molar-refractivity contribution in [3.05, 3.63) is 18.0 Å². The number of hydrogen-bond donors (Lipinski definition) is 1. The molecule has 0 aromatic carbocycles. The Kier molecular flexibility index (Phi) is 5.79. The van der Waals surface area contributed by atoms with E-state index in [1.807, 2.05) is 32.3 Å². The molecule has 0 bridgehead atoms. The van der Waals surface area contributed by atoms with Crippen LogP contribution in [-0.4, -0.2) is 30.4 Å². The van der Waals surface area contributed by atoms with Crippen molar-refractivity contribution < 1.29 is 8.42 Å². The van der Waals surface area contributed by atoms with Crippen LogP contribution in [0.3, 0.4) is 0 Å². The molecule has 0 amide bonds. The fraction of sp³-hybridized carbons (Fsp3) is 0.714. The summed E-state index contributed by atoms with van der Waals surface area (Å²) in [7, 11) is -1.80. The van der Waals surface area contributed by atoms with Crippen LogP contribution in [0.4, 0.5) is 0 Å². The van der Waals surface area contributed by atoms with Gasteiger partial charge in [0.05, 0.1) is 0 Å². The predicted octanol–water partition coefficient (Wildman–Crippen LogP) is 2.34. The largest absolute Gasteiger partial charge is 0.346 e. The van der Waals surface area contributed by atoms with Crippen LogP contribution in [0.2, 0.25) is 0 Å². The Hall–Kier alpha value is -0.850. The fourth-order valence-corrected chi connectivity index (χ4v) is 4.00. The van der Waals surface area contributed by atoms with Gasteiger partial charge in [-0.25, -0.2) is 8.42 Å². The topological polar surface area (TPSA) is 68.3 Å². The third-order valence-corrected chi connectivity index (χ3v) is 5.68. The summed E-state index contributed by atoms with van der Waals surface area (Å²) in [6.07, 6.45) is 3.31. The molecule has 6 heteroatoms. The molecule has 1 aromatic heterocycles. The molecule has 0 atom stereocenters. The number of nitrogens with zero attached hydrogens (tertiary/aromatic N) is 2. The predicted molar refractivity (Wildman–Crippen MR) is 82.0 cm³/mol. The molecule has 2 N–H and O–H groups in total. The normalized spacial score (nSPS) is 12.8. The molecule has 20 heavy (non-hydrogen) atoms. The zero-order chi connectivity index (χ0) is 15.5. The molecule has 1 heterocycles. The van der Waals surface area contributed by atoms with Gasteiger partial charge in [-0.3, -0.25) is 0 Å². The third kappa shape index (κ3) is 3.24. The number of nitrogens with two attached hydrogens (primary N) is 1. The van der Waals surface area contributed by atoms with Crippen LogP contribution in [0.1, 0.15) is 52.3 Å². The zero-order valence-corrected chi connectivity index (χ0v) is 13.9. The van der Waals surface area contributed by atoms with E-state index in [4.69, 9.17) is 5.73 Å². The Labute approximate surface area is 122 Å². The zero-order valence-electron chi connectivity index (χ0n) is 13.1. The highest BCUT2D eigenvalue weighted by Crippen LogP contribution is 2.23. The monoisotopic (exact) mass is 301 g/mol. The molecule has 0 saturated heterocycles. The summed E-state index contributed by atoms with van der Waals surface area (Å²) in [4.78, 5) is 0.334. The summed E-state index contributed by atoms with van der Waals surface area (Å²) in [6, 6.07) is 1.91. The third-order valence-electron chi connectivity index (χ3n) is 3.81. The molecule has 0 radical (unpaired) electrons. The van der Waals surface area contributed by atoms with E-state index in [9.17, 15) is 8.42 Å². The van der Waals surface area contributed by atoms with E-state index in [1.54, 1.807) is 19.3 Å². The second kappa shape index (κ2) is 6.74. The Morgan fingerprint density at radius 3 is 2.20 bits per heavy atom. The van der Waals surface area contributed by atoms with Gasteiger partial charge in [0.25, 0.3) is 0 Å². The summed E-state index contributed by atoms with van der Waals surface area (Å²) < 4.78 is 28.7. The lowest BCUT2D eigenvalue weighted by Gasteiger charge is -2.25. The number of sulfonamides is 1. The van der Waals surface area contributed by atoms with E-state index >= 15 is 0 Å². The van der Waals surface area contributed by atoms with Crippen LogP contribution in [0.5, 0.6) is 0 Å². The summed E-state index contributed by atoms with van der Waals surface area (Å²) >= 11 is 0. The molecule has 0 aliphatic heterocycles. The first kappa shape index (κ1) is 17.2. The summed E-state index contributed by atoms with van der Waals surface area (Å²) in [6.45, 7) is 8.37. The second-order valence-electron chi connectivity index (χ2n) is 5.36. The van der Waals surface area contributed by atoms with E-state index < -0.39 is 10.0 Å². The van der Waals surface area contributed by atoms with Gasteiger partial charge in [0.15, 0.2) is 0 Å². The maximum atomic E-state index is 12.7. The average molecular weight is 301 g/mol. The van der Waals surface area contributed by atoms with Crippen LogP contribution in [-0.2, 0) is 16.6 Å². The van der Waals surface area contributed by atoms with Crippen molar-refractivity contribution in [2.45, 2.75) is 64.1 Å². The van der Waals surface area contributed by atoms with E-state index in [0.717, 1.165) is 18.5 Å². The maximum Gasteiger partial charge on any atom is 0.244 e. The molecule has 1 aromatic rings. The van der Waals surface area contributed by atoms with Gasteiger partial charge in [0, 0.05) is 37.6 Å². The number of hydrogen-bond acceptors (Lipinski definition) is 3. The number of aromatic nitrogens is 1. The lowest BCUT2D eigenvalue weighted by molar-refractivity contribution is 0.349. The Morgan fingerprint density at radius 2 is 1.85 bits per heavy atom. The first-order valence-electron chi connectivity index (χ1n) is 7.18. The lowest BCUT2D eigenvalue weighted by atomic mass is 10.2. The molecule has 116 valence electrons. The highest BCUT2D eigenvalue weighted by Gasteiger charge is 2.28. The standard InChI is InChI=1S/C14H27N3O2S/c1-6-12(7-2)16(5)20(18,19)14-8-13(9-15)17(10-14)11(3)4/h8,10-12H,6-7,9,15H2,1-5H3. The minimum Gasteiger partial charge on any atom is -0.346 e. The van der Waals surface area contributed by atoms with Crippen molar-refractivity contribution in [2.75, 3.05) is 7.05 Å². The first-order chi connectivity index (χ1) is 9.29. The fourth-order valence-electron chi connectivity index (χ4n) is 2.45. The molecule has 0 aliphatic carbocycles. The smallest absolute Gasteiger partial charge is 0.244 e. The number of rotatable bonds is 7. The van der Waals surface area contributed by atoms with Gasteiger partial charge in [-0.2, -0.15) is 4.31 Å². The van der Waals surface area contributed by atoms with Crippen LogP contribution in [0.25, 0.3) is 0 Å². The van der Waals surface area contributed by atoms with Crippen molar-refractivity contribution >= 4 is 10.0 Å². The summed E-state index contributed by atoms with van der Waals surface area (Å²) in [5, 5.41) is 0. The highest BCUT2D eigenvalue weighted by molar-refractivity contribution is 7.89. The van der Waals surface area contributed by atoms with Gasteiger partial charge in [-0.1, -0.05) is 13.8 Å². The van der Waals surface area contributed by atoms with Gasteiger partial charge in [0.2, 0.25) is 10.0 Å². The highest BCUT2D eigenvalue weighted by atomic mass is 32.2. The van der Waals surface area contributed by atoms with E-state index in [-0.39, 0.29) is 12.1 Å². The molecule has 0 saturated carbocycles. The van der Waals surface area contributed by atoms with Crippen molar-refractivity contribution in [1.29, 1.82) is 0 Å². The van der Waals surface area contributed by atoms with E-state index in [2.05, 4.69) is 0 Å².